The standard InChI is InChI=1S/C45H58N6S/c1-8-11-14-35(9-2)28-48-30-39(29-46-7)36(10-3)20-21-37-15-12-18-43(45(37)52)42-17-13-16-41(34(42)6)38-23-24-49-44(25-38)50-27-32(4)26-47-31-40-22-19-33(5)51-40/h8,12-13,15-18,20,22-25,27,29,35,47-48,51-52H,1,5,7,9-11,14,19,21,26,28,30-31H2,2-4,6H3,(H,49,50)/b32-27+,36-20-,39-29-. The molecular weight excluding hydrogens is 657 g/mol. The van der Waals surface area contributed by atoms with E-state index in [2.05, 4.69) is 139 Å². The summed E-state index contributed by atoms with van der Waals surface area (Å²) in [5.41, 5.74) is 12.9. The van der Waals surface area contributed by atoms with Crippen molar-refractivity contribution in [2.45, 2.75) is 71.1 Å². The topological polar surface area (TPSA) is 73.4 Å². The quantitative estimate of drug-likeness (QED) is 0.0329. The van der Waals surface area contributed by atoms with Gasteiger partial charge >= 0.3 is 0 Å². The predicted octanol–water partition coefficient (Wildman–Crippen LogP) is 10.4. The van der Waals surface area contributed by atoms with Gasteiger partial charge in [0, 0.05) is 60.9 Å². The molecule has 1 aliphatic heterocycles. The number of hydrogen-bond acceptors (Lipinski definition) is 7. The van der Waals surface area contributed by atoms with Crippen LogP contribution < -0.4 is 21.3 Å². The number of rotatable bonds is 21. The first-order valence-electron chi connectivity index (χ1n) is 18.6. The number of aliphatic imine (C=N–C) groups is 1. The fourth-order valence-electron chi connectivity index (χ4n) is 6.53. The molecule has 4 rings (SSSR count). The number of allylic oxidation sites excluding steroid dienone is 3. The summed E-state index contributed by atoms with van der Waals surface area (Å²) in [6.07, 6.45) is 18.3. The molecule has 0 saturated carbocycles. The number of anilines is 1. The average Bonchev–Trinajstić information content (AvgIpc) is 3.57. The van der Waals surface area contributed by atoms with E-state index < -0.39 is 0 Å². The molecule has 1 aliphatic rings. The van der Waals surface area contributed by atoms with Gasteiger partial charge < -0.3 is 21.3 Å². The molecular formula is C45H58N6S. The molecule has 1 unspecified atom stereocenters. The first kappa shape index (κ1) is 40.3. The molecule has 1 aromatic heterocycles. The third-order valence-corrected chi connectivity index (χ3v) is 10.2. The van der Waals surface area contributed by atoms with Crippen molar-refractivity contribution in [3.63, 3.8) is 0 Å². The van der Waals surface area contributed by atoms with Gasteiger partial charge in [0.1, 0.15) is 5.82 Å². The minimum Gasteiger partial charge on any atom is -0.362 e. The van der Waals surface area contributed by atoms with E-state index in [0.717, 1.165) is 92.2 Å². The van der Waals surface area contributed by atoms with E-state index in [-0.39, 0.29) is 0 Å². The maximum absolute atomic E-state index is 5.12. The molecule has 0 radical (unpaired) electrons. The van der Waals surface area contributed by atoms with Crippen LogP contribution in [0.25, 0.3) is 22.3 Å². The van der Waals surface area contributed by atoms with E-state index in [1.54, 1.807) is 0 Å². The Labute approximate surface area is 318 Å². The van der Waals surface area contributed by atoms with Crippen molar-refractivity contribution in [3.05, 3.63) is 138 Å². The first-order chi connectivity index (χ1) is 25.3. The molecule has 274 valence electrons. The summed E-state index contributed by atoms with van der Waals surface area (Å²) in [4.78, 5) is 9.74. The van der Waals surface area contributed by atoms with E-state index in [0.29, 0.717) is 5.92 Å². The Balaban J connectivity index is 1.46. The second kappa shape index (κ2) is 21.2. The highest BCUT2D eigenvalue weighted by Gasteiger charge is 2.14. The molecule has 4 N–H and O–H groups in total. The van der Waals surface area contributed by atoms with Crippen molar-refractivity contribution in [3.8, 4) is 22.3 Å². The van der Waals surface area contributed by atoms with Crippen LogP contribution in [0.15, 0.2) is 137 Å². The van der Waals surface area contributed by atoms with Crippen molar-refractivity contribution >= 4 is 25.2 Å². The minimum absolute atomic E-state index is 0.641. The largest absolute Gasteiger partial charge is 0.362 e. The summed E-state index contributed by atoms with van der Waals surface area (Å²) in [5, 5.41) is 13.9. The van der Waals surface area contributed by atoms with E-state index in [4.69, 9.17) is 12.6 Å². The van der Waals surface area contributed by atoms with Gasteiger partial charge in [-0.25, -0.2) is 4.98 Å². The van der Waals surface area contributed by atoms with Crippen LogP contribution in [0.5, 0.6) is 0 Å². The van der Waals surface area contributed by atoms with Crippen LogP contribution in [0.3, 0.4) is 0 Å². The van der Waals surface area contributed by atoms with Crippen LogP contribution >= 0.6 is 12.6 Å². The smallest absolute Gasteiger partial charge is 0.130 e. The molecule has 52 heavy (non-hydrogen) atoms. The zero-order valence-corrected chi connectivity index (χ0v) is 32.6. The van der Waals surface area contributed by atoms with E-state index in [1.165, 1.54) is 44.7 Å². The second-order valence-electron chi connectivity index (χ2n) is 13.5. The Bertz CT molecular complexity index is 1810. The van der Waals surface area contributed by atoms with Crippen molar-refractivity contribution in [1.29, 1.82) is 0 Å². The Kier molecular flexibility index (Phi) is 16.4. The number of nitrogens with one attached hydrogen (secondary N) is 4. The van der Waals surface area contributed by atoms with Gasteiger partial charge in [-0.3, -0.25) is 4.99 Å². The number of pyridine rings is 1. The monoisotopic (exact) mass is 714 g/mol. The lowest BCUT2D eigenvalue weighted by Gasteiger charge is -2.17. The molecule has 3 aromatic rings. The normalized spacial score (nSPS) is 14.2. The number of hydrogen-bond donors (Lipinski definition) is 5. The molecule has 2 heterocycles. The fraction of sp³-hybridized carbons (Fsp3) is 0.333. The summed E-state index contributed by atoms with van der Waals surface area (Å²) >= 11 is 5.12. The lowest BCUT2D eigenvalue weighted by atomic mass is 9.91. The molecule has 0 bridgehead atoms. The molecule has 6 nitrogen and oxygen atoms in total. The third-order valence-electron chi connectivity index (χ3n) is 9.65. The van der Waals surface area contributed by atoms with Crippen molar-refractivity contribution in [2.75, 3.05) is 31.5 Å². The Hall–Kier alpha value is -4.43. The number of thiol groups is 1. The van der Waals surface area contributed by atoms with Crippen LogP contribution in [0, 0.1) is 12.8 Å². The van der Waals surface area contributed by atoms with Crippen molar-refractivity contribution in [2.24, 2.45) is 10.9 Å². The van der Waals surface area contributed by atoms with Gasteiger partial charge in [-0.05, 0) is 121 Å². The summed E-state index contributed by atoms with van der Waals surface area (Å²) in [6, 6.07) is 17.2. The Morgan fingerprint density at radius 3 is 2.58 bits per heavy atom. The molecule has 0 spiro atoms. The van der Waals surface area contributed by atoms with Gasteiger partial charge in [-0.15, -0.1) is 19.2 Å². The van der Waals surface area contributed by atoms with Crippen LogP contribution in [0.2, 0.25) is 0 Å². The maximum Gasteiger partial charge on any atom is 0.130 e. The number of nitrogens with zero attached hydrogens (tertiary/aromatic N) is 2. The molecule has 0 saturated heterocycles. The lowest BCUT2D eigenvalue weighted by molar-refractivity contribution is 0.445. The maximum atomic E-state index is 5.12. The second-order valence-corrected chi connectivity index (χ2v) is 14.0. The highest BCUT2D eigenvalue weighted by atomic mass is 32.1. The van der Waals surface area contributed by atoms with Crippen molar-refractivity contribution in [1.82, 2.24) is 20.9 Å². The van der Waals surface area contributed by atoms with Gasteiger partial charge in [0.2, 0.25) is 0 Å². The first-order valence-corrected chi connectivity index (χ1v) is 19.0. The van der Waals surface area contributed by atoms with E-state index in [1.807, 2.05) is 24.7 Å². The summed E-state index contributed by atoms with van der Waals surface area (Å²) in [5.74, 6) is 1.45. The molecule has 1 atom stereocenters. The minimum atomic E-state index is 0.641. The summed E-state index contributed by atoms with van der Waals surface area (Å²) < 4.78 is 0. The molecule has 0 aliphatic carbocycles. The molecule has 2 aromatic carbocycles. The van der Waals surface area contributed by atoms with Gasteiger partial charge in [-0.1, -0.05) is 81.5 Å². The van der Waals surface area contributed by atoms with E-state index in [9.17, 15) is 0 Å². The van der Waals surface area contributed by atoms with Crippen LogP contribution in [-0.4, -0.2) is 37.9 Å². The lowest BCUT2D eigenvalue weighted by Crippen LogP contribution is -2.25. The zero-order chi connectivity index (χ0) is 37.3. The van der Waals surface area contributed by atoms with Gasteiger partial charge in [0.05, 0.1) is 0 Å². The van der Waals surface area contributed by atoms with Gasteiger partial charge in [-0.2, -0.15) is 0 Å². The highest BCUT2D eigenvalue weighted by Crippen LogP contribution is 2.36. The molecule has 0 amide bonds. The third kappa shape index (κ3) is 11.8. The predicted molar refractivity (Wildman–Crippen MR) is 228 cm³/mol. The van der Waals surface area contributed by atoms with Crippen molar-refractivity contribution < 1.29 is 0 Å². The fourth-order valence-corrected chi connectivity index (χ4v) is 6.89. The number of benzene rings is 2. The Morgan fingerprint density at radius 2 is 1.85 bits per heavy atom. The SMILES string of the molecule is C=CCCC(CC)CNCC(=C/N=C)/C(=C\Cc1cccc(-c2cccc(-c3ccnc(N/C=C(\C)CNCC4=CCC(=C)N4)c3)c2C)c1S)CC. The summed E-state index contributed by atoms with van der Waals surface area (Å²) in [6.45, 7) is 23.7. The average molecular weight is 715 g/mol. The van der Waals surface area contributed by atoms with Gasteiger partial charge in [0.15, 0.2) is 0 Å². The molecule has 7 heteroatoms. The number of aromatic nitrogens is 1. The van der Waals surface area contributed by atoms with E-state index >= 15 is 0 Å². The zero-order valence-electron chi connectivity index (χ0n) is 31.7. The van der Waals surface area contributed by atoms with Crippen LogP contribution in [0.4, 0.5) is 5.82 Å². The molecule has 0 fully saturated rings. The van der Waals surface area contributed by atoms with Gasteiger partial charge in [0.25, 0.3) is 0 Å². The Morgan fingerprint density at radius 1 is 1.06 bits per heavy atom. The van der Waals surface area contributed by atoms with Crippen LogP contribution in [-0.2, 0) is 6.42 Å². The summed E-state index contributed by atoms with van der Waals surface area (Å²) in [7, 11) is 0. The highest BCUT2D eigenvalue weighted by molar-refractivity contribution is 7.80. The van der Waals surface area contributed by atoms with Crippen LogP contribution in [0.1, 0.15) is 64.0 Å².